The third-order valence-electron chi connectivity index (χ3n) is 2.73. The molecule has 1 heterocycles. The second-order valence-electron chi connectivity index (χ2n) is 3.92. The fourth-order valence-corrected chi connectivity index (χ4v) is 1.93. The summed E-state index contributed by atoms with van der Waals surface area (Å²) >= 11 is 0. The molecule has 0 saturated heterocycles. The molecular weight excluding hydrogens is 188 g/mol. The van der Waals surface area contributed by atoms with Gasteiger partial charge in [0.05, 0.1) is 6.20 Å². The quantitative estimate of drug-likeness (QED) is 0.796. The zero-order valence-corrected chi connectivity index (χ0v) is 8.82. The Balaban J connectivity index is 2.18. The molecule has 0 bridgehead atoms. The van der Waals surface area contributed by atoms with Gasteiger partial charge in [0, 0.05) is 6.04 Å². The molecule has 0 radical (unpaired) electrons. The highest BCUT2D eigenvalue weighted by atomic mass is 15.0. The maximum Gasteiger partial charge on any atom is 0.147 e. The number of nitriles is 1. The van der Waals surface area contributed by atoms with Crippen molar-refractivity contribution >= 4 is 5.82 Å². The molecule has 1 aliphatic rings. The fourth-order valence-electron chi connectivity index (χ4n) is 1.93. The number of rotatable bonds is 2. The fraction of sp³-hybridized carbons (Fsp3) is 0.545. The molecule has 2 rings (SSSR count). The van der Waals surface area contributed by atoms with Gasteiger partial charge in [0.25, 0.3) is 0 Å². The number of hydrogen-bond acceptors (Lipinski definition) is 4. The van der Waals surface area contributed by atoms with Crippen LogP contribution >= 0.6 is 0 Å². The van der Waals surface area contributed by atoms with Gasteiger partial charge in [-0.1, -0.05) is 12.8 Å². The first-order valence-electron chi connectivity index (χ1n) is 5.30. The van der Waals surface area contributed by atoms with Crippen LogP contribution in [0.4, 0.5) is 5.82 Å². The molecule has 0 aliphatic heterocycles. The Morgan fingerprint density at radius 1 is 1.47 bits per heavy atom. The summed E-state index contributed by atoms with van der Waals surface area (Å²) in [6.07, 6.45) is 6.47. The van der Waals surface area contributed by atoms with Crippen molar-refractivity contribution in [1.82, 2.24) is 9.97 Å². The first-order valence-corrected chi connectivity index (χ1v) is 5.30. The van der Waals surface area contributed by atoms with Crippen LogP contribution in [0, 0.1) is 18.3 Å². The van der Waals surface area contributed by atoms with E-state index < -0.39 is 0 Å². The van der Waals surface area contributed by atoms with Crippen molar-refractivity contribution in [3.05, 3.63) is 17.6 Å². The summed E-state index contributed by atoms with van der Waals surface area (Å²) in [5.41, 5.74) is 0.535. The summed E-state index contributed by atoms with van der Waals surface area (Å²) in [5, 5.41) is 12.2. The molecule has 4 nitrogen and oxygen atoms in total. The first kappa shape index (κ1) is 9.91. The summed E-state index contributed by atoms with van der Waals surface area (Å²) in [5.74, 6) is 1.39. The summed E-state index contributed by atoms with van der Waals surface area (Å²) in [4.78, 5) is 8.27. The Bertz CT molecular complexity index is 388. The SMILES string of the molecule is Cc1ncc(C#N)c(NC2CCCC2)n1. The van der Waals surface area contributed by atoms with Gasteiger partial charge in [-0.05, 0) is 19.8 Å². The summed E-state index contributed by atoms with van der Waals surface area (Å²) in [6.45, 7) is 1.83. The van der Waals surface area contributed by atoms with Crippen LogP contribution in [0.3, 0.4) is 0 Å². The normalized spacial score (nSPS) is 16.3. The van der Waals surface area contributed by atoms with Crippen molar-refractivity contribution in [2.45, 2.75) is 38.6 Å². The van der Waals surface area contributed by atoms with E-state index in [0.29, 0.717) is 23.2 Å². The number of nitrogens with one attached hydrogen (secondary N) is 1. The average Bonchev–Trinajstić information content (AvgIpc) is 2.71. The van der Waals surface area contributed by atoms with Crippen molar-refractivity contribution < 1.29 is 0 Å². The van der Waals surface area contributed by atoms with Gasteiger partial charge in [0.1, 0.15) is 23.3 Å². The Labute approximate surface area is 89.4 Å². The zero-order chi connectivity index (χ0) is 10.7. The molecule has 15 heavy (non-hydrogen) atoms. The van der Waals surface area contributed by atoms with Gasteiger partial charge >= 0.3 is 0 Å². The standard InChI is InChI=1S/C11H14N4/c1-8-13-7-9(6-12)11(14-8)15-10-4-2-3-5-10/h7,10H,2-5H2,1H3,(H,13,14,15). The minimum absolute atomic E-state index is 0.478. The van der Waals surface area contributed by atoms with Gasteiger partial charge in [0.2, 0.25) is 0 Å². The number of nitrogens with zero attached hydrogens (tertiary/aromatic N) is 3. The molecule has 1 aromatic heterocycles. The number of hydrogen-bond donors (Lipinski definition) is 1. The third kappa shape index (κ3) is 2.24. The minimum atomic E-state index is 0.478. The highest BCUT2D eigenvalue weighted by molar-refractivity contribution is 5.51. The van der Waals surface area contributed by atoms with Gasteiger partial charge in [-0.3, -0.25) is 0 Å². The van der Waals surface area contributed by atoms with E-state index in [1.165, 1.54) is 25.7 Å². The number of aromatic nitrogens is 2. The molecule has 1 saturated carbocycles. The van der Waals surface area contributed by atoms with Crippen molar-refractivity contribution in [3.63, 3.8) is 0 Å². The van der Waals surface area contributed by atoms with Crippen LogP contribution in [-0.4, -0.2) is 16.0 Å². The molecule has 1 fully saturated rings. The van der Waals surface area contributed by atoms with Crippen molar-refractivity contribution in [2.75, 3.05) is 5.32 Å². The van der Waals surface area contributed by atoms with E-state index >= 15 is 0 Å². The average molecular weight is 202 g/mol. The van der Waals surface area contributed by atoms with Crippen LogP contribution in [0.25, 0.3) is 0 Å². The second kappa shape index (κ2) is 4.26. The summed E-state index contributed by atoms with van der Waals surface area (Å²) in [6, 6.07) is 2.59. The van der Waals surface area contributed by atoms with Crippen LogP contribution in [0.2, 0.25) is 0 Å². The summed E-state index contributed by atoms with van der Waals surface area (Å²) < 4.78 is 0. The van der Waals surface area contributed by atoms with E-state index in [1.807, 2.05) is 6.92 Å². The first-order chi connectivity index (χ1) is 7.29. The van der Waals surface area contributed by atoms with Crippen LogP contribution in [0.1, 0.15) is 37.1 Å². The molecule has 0 amide bonds. The van der Waals surface area contributed by atoms with Gasteiger partial charge in [-0.15, -0.1) is 0 Å². The van der Waals surface area contributed by atoms with E-state index in [0.717, 1.165) is 0 Å². The molecule has 1 N–H and O–H groups in total. The summed E-state index contributed by atoms with van der Waals surface area (Å²) in [7, 11) is 0. The van der Waals surface area contributed by atoms with E-state index in [2.05, 4.69) is 21.4 Å². The molecule has 0 unspecified atom stereocenters. The maximum atomic E-state index is 8.91. The zero-order valence-electron chi connectivity index (χ0n) is 8.82. The smallest absolute Gasteiger partial charge is 0.147 e. The molecule has 1 aromatic rings. The molecule has 1 aliphatic carbocycles. The van der Waals surface area contributed by atoms with Gasteiger partial charge < -0.3 is 5.32 Å². The largest absolute Gasteiger partial charge is 0.366 e. The Hall–Kier alpha value is -1.63. The molecular formula is C11H14N4. The van der Waals surface area contributed by atoms with E-state index in [4.69, 9.17) is 5.26 Å². The molecule has 4 heteroatoms. The monoisotopic (exact) mass is 202 g/mol. The Morgan fingerprint density at radius 2 is 2.20 bits per heavy atom. The maximum absolute atomic E-state index is 8.91. The van der Waals surface area contributed by atoms with Crippen molar-refractivity contribution in [2.24, 2.45) is 0 Å². The number of anilines is 1. The van der Waals surface area contributed by atoms with Gasteiger partial charge in [-0.25, -0.2) is 9.97 Å². The van der Waals surface area contributed by atoms with Crippen LogP contribution in [-0.2, 0) is 0 Å². The van der Waals surface area contributed by atoms with Crippen LogP contribution in [0.15, 0.2) is 6.20 Å². The predicted molar refractivity (Wildman–Crippen MR) is 57.4 cm³/mol. The topological polar surface area (TPSA) is 61.6 Å². The lowest BCUT2D eigenvalue weighted by atomic mass is 10.2. The molecule has 0 aromatic carbocycles. The lowest BCUT2D eigenvalue weighted by Gasteiger charge is -2.13. The van der Waals surface area contributed by atoms with Gasteiger partial charge in [0.15, 0.2) is 0 Å². The second-order valence-corrected chi connectivity index (χ2v) is 3.92. The van der Waals surface area contributed by atoms with Gasteiger partial charge in [-0.2, -0.15) is 5.26 Å². The number of aryl methyl sites for hydroxylation is 1. The highest BCUT2D eigenvalue weighted by Crippen LogP contribution is 2.22. The van der Waals surface area contributed by atoms with E-state index in [9.17, 15) is 0 Å². The van der Waals surface area contributed by atoms with Crippen LogP contribution in [0.5, 0.6) is 0 Å². The molecule has 78 valence electrons. The predicted octanol–water partition coefficient (Wildman–Crippen LogP) is 2.01. The lowest BCUT2D eigenvalue weighted by molar-refractivity contribution is 0.748. The Kier molecular flexibility index (Phi) is 2.82. The van der Waals surface area contributed by atoms with Crippen molar-refractivity contribution in [3.8, 4) is 6.07 Å². The third-order valence-corrected chi connectivity index (χ3v) is 2.73. The minimum Gasteiger partial charge on any atom is -0.366 e. The van der Waals surface area contributed by atoms with Crippen LogP contribution < -0.4 is 5.32 Å². The lowest BCUT2D eigenvalue weighted by Crippen LogP contribution is -2.17. The highest BCUT2D eigenvalue weighted by Gasteiger charge is 2.16. The van der Waals surface area contributed by atoms with E-state index in [1.54, 1.807) is 6.20 Å². The Morgan fingerprint density at radius 3 is 2.87 bits per heavy atom. The van der Waals surface area contributed by atoms with E-state index in [-0.39, 0.29) is 0 Å². The molecule has 0 spiro atoms. The van der Waals surface area contributed by atoms with Crippen molar-refractivity contribution in [1.29, 1.82) is 5.26 Å². The molecule has 0 atom stereocenters.